The summed E-state index contributed by atoms with van der Waals surface area (Å²) in [5, 5.41) is 2.90. The zero-order chi connectivity index (χ0) is 13.1. The minimum absolute atomic E-state index is 0.0224. The molecule has 18 heavy (non-hydrogen) atoms. The van der Waals surface area contributed by atoms with Crippen LogP contribution >= 0.6 is 15.9 Å². The number of hydrogen-bond donors (Lipinski definition) is 1. The van der Waals surface area contributed by atoms with E-state index < -0.39 is 5.82 Å². The van der Waals surface area contributed by atoms with Crippen LogP contribution in [0.1, 0.15) is 29.6 Å². The van der Waals surface area contributed by atoms with E-state index in [1.165, 1.54) is 12.1 Å². The second-order valence-electron chi connectivity index (χ2n) is 4.41. The molecular formula is C13H15BrFNO2. The van der Waals surface area contributed by atoms with E-state index in [0.717, 1.165) is 19.3 Å². The van der Waals surface area contributed by atoms with Gasteiger partial charge in [0.25, 0.3) is 5.91 Å². The Hall–Kier alpha value is -0.940. The summed E-state index contributed by atoms with van der Waals surface area (Å²) in [5.41, 5.74) is 0.331. The van der Waals surface area contributed by atoms with Crippen molar-refractivity contribution in [3.8, 4) is 0 Å². The molecule has 1 N–H and O–H groups in total. The molecule has 2 unspecified atom stereocenters. The molecule has 5 heteroatoms. The fraction of sp³-hybridized carbons (Fsp3) is 0.462. The molecule has 2 atom stereocenters. The number of ether oxygens (including phenoxy) is 1. The summed E-state index contributed by atoms with van der Waals surface area (Å²) in [4.78, 5) is 12.0. The number of rotatable bonds is 3. The third-order valence-electron chi connectivity index (χ3n) is 3.25. The van der Waals surface area contributed by atoms with Gasteiger partial charge < -0.3 is 10.1 Å². The van der Waals surface area contributed by atoms with Crippen molar-refractivity contribution in [1.82, 2.24) is 5.32 Å². The highest BCUT2D eigenvalue weighted by molar-refractivity contribution is 9.10. The molecule has 2 rings (SSSR count). The number of hydrogen-bond acceptors (Lipinski definition) is 2. The lowest BCUT2D eigenvalue weighted by Crippen LogP contribution is -2.40. The van der Waals surface area contributed by atoms with E-state index in [4.69, 9.17) is 4.74 Å². The van der Waals surface area contributed by atoms with Gasteiger partial charge in [-0.05, 0) is 53.4 Å². The van der Waals surface area contributed by atoms with Crippen molar-refractivity contribution in [3.05, 3.63) is 34.1 Å². The van der Waals surface area contributed by atoms with Crippen LogP contribution in [0.5, 0.6) is 0 Å². The number of amides is 1. The zero-order valence-electron chi connectivity index (χ0n) is 10.1. The third kappa shape index (κ3) is 2.90. The monoisotopic (exact) mass is 315 g/mol. The highest BCUT2D eigenvalue weighted by atomic mass is 79.9. The molecule has 1 amide bonds. The van der Waals surface area contributed by atoms with E-state index in [2.05, 4.69) is 21.2 Å². The van der Waals surface area contributed by atoms with Crippen molar-refractivity contribution in [2.45, 2.75) is 31.4 Å². The molecule has 1 fully saturated rings. The van der Waals surface area contributed by atoms with Gasteiger partial charge >= 0.3 is 0 Å². The Bertz CT molecular complexity index is 453. The van der Waals surface area contributed by atoms with Crippen LogP contribution < -0.4 is 5.32 Å². The average molecular weight is 316 g/mol. The number of carbonyl (C=O) groups is 1. The molecular weight excluding hydrogens is 301 g/mol. The molecule has 0 aliphatic heterocycles. The summed E-state index contributed by atoms with van der Waals surface area (Å²) in [6, 6.07) is 4.39. The van der Waals surface area contributed by atoms with Crippen LogP contribution in [0.25, 0.3) is 0 Å². The van der Waals surface area contributed by atoms with Gasteiger partial charge in [0.2, 0.25) is 0 Å². The molecule has 1 aliphatic carbocycles. The first-order valence-electron chi connectivity index (χ1n) is 5.90. The van der Waals surface area contributed by atoms with Gasteiger partial charge in [0, 0.05) is 12.7 Å². The van der Waals surface area contributed by atoms with Gasteiger partial charge in [-0.25, -0.2) is 4.39 Å². The van der Waals surface area contributed by atoms with Crippen LogP contribution in [0.4, 0.5) is 4.39 Å². The summed E-state index contributed by atoms with van der Waals surface area (Å²) >= 11 is 3.06. The maximum atomic E-state index is 13.3. The Morgan fingerprint density at radius 3 is 2.94 bits per heavy atom. The second-order valence-corrected chi connectivity index (χ2v) is 5.27. The minimum atomic E-state index is -0.433. The third-order valence-corrected chi connectivity index (χ3v) is 3.90. The van der Waals surface area contributed by atoms with Crippen LogP contribution in [-0.4, -0.2) is 25.2 Å². The van der Waals surface area contributed by atoms with E-state index in [9.17, 15) is 9.18 Å². The topological polar surface area (TPSA) is 38.3 Å². The maximum Gasteiger partial charge on any atom is 0.251 e. The largest absolute Gasteiger partial charge is 0.379 e. The van der Waals surface area contributed by atoms with E-state index >= 15 is 0 Å². The average Bonchev–Trinajstić information content (AvgIpc) is 2.79. The summed E-state index contributed by atoms with van der Waals surface area (Å²) in [5.74, 6) is -0.687. The normalized spacial score (nSPS) is 23.1. The molecule has 1 saturated carbocycles. The van der Waals surface area contributed by atoms with Gasteiger partial charge in [0.1, 0.15) is 5.82 Å². The molecule has 1 aromatic rings. The van der Waals surface area contributed by atoms with E-state index in [-0.39, 0.29) is 18.1 Å². The standard InChI is InChI=1S/C13H15BrFNO2/c1-18-12-4-2-3-11(12)16-13(17)8-5-6-9(14)10(15)7-8/h5-7,11-12H,2-4H2,1H3,(H,16,17). The van der Waals surface area contributed by atoms with Crippen molar-refractivity contribution in [3.63, 3.8) is 0 Å². The maximum absolute atomic E-state index is 13.3. The Kier molecular flexibility index (Phi) is 4.35. The number of benzene rings is 1. The molecule has 0 heterocycles. The Balaban J connectivity index is 2.05. The van der Waals surface area contributed by atoms with Gasteiger partial charge in [-0.1, -0.05) is 0 Å². The molecule has 98 valence electrons. The lowest BCUT2D eigenvalue weighted by molar-refractivity contribution is 0.0722. The predicted octanol–water partition coefficient (Wildman–Crippen LogP) is 2.89. The van der Waals surface area contributed by atoms with Crippen molar-refractivity contribution in [1.29, 1.82) is 0 Å². The summed E-state index contributed by atoms with van der Waals surface area (Å²) < 4.78 is 19.0. The van der Waals surface area contributed by atoms with E-state index in [0.29, 0.717) is 10.0 Å². The van der Waals surface area contributed by atoms with Crippen LogP contribution in [0.2, 0.25) is 0 Å². The molecule has 0 bridgehead atoms. The van der Waals surface area contributed by atoms with Crippen LogP contribution in [0, 0.1) is 5.82 Å². The Morgan fingerprint density at radius 2 is 2.28 bits per heavy atom. The van der Waals surface area contributed by atoms with E-state index in [1.807, 2.05) is 0 Å². The number of halogens is 2. The predicted molar refractivity (Wildman–Crippen MR) is 70.0 cm³/mol. The molecule has 1 aromatic carbocycles. The summed E-state index contributed by atoms with van der Waals surface area (Å²) in [6.07, 6.45) is 2.96. The second kappa shape index (κ2) is 5.80. The molecule has 0 saturated heterocycles. The highest BCUT2D eigenvalue weighted by Gasteiger charge is 2.28. The van der Waals surface area contributed by atoms with Gasteiger partial charge in [-0.2, -0.15) is 0 Å². The van der Waals surface area contributed by atoms with Crippen molar-refractivity contribution < 1.29 is 13.9 Å². The first-order chi connectivity index (χ1) is 8.61. The number of methoxy groups -OCH3 is 1. The summed E-state index contributed by atoms with van der Waals surface area (Å²) in [6.45, 7) is 0. The number of nitrogens with one attached hydrogen (secondary N) is 1. The Morgan fingerprint density at radius 1 is 1.50 bits per heavy atom. The smallest absolute Gasteiger partial charge is 0.251 e. The highest BCUT2D eigenvalue weighted by Crippen LogP contribution is 2.22. The van der Waals surface area contributed by atoms with Crippen LogP contribution in [-0.2, 0) is 4.74 Å². The zero-order valence-corrected chi connectivity index (χ0v) is 11.7. The molecule has 3 nitrogen and oxygen atoms in total. The SMILES string of the molecule is COC1CCCC1NC(=O)c1ccc(Br)c(F)c1. The molecule has 1 aliphatic rings. The van der Waals surface area contributed by atoms with Crippen LogP contribution in [0.15, 0.2) is 22.7 Å². The quantitative estimate of drug-likeness (QED) is 0.931. The fourth-order valence-electron chi connectivity index (χ4n) is 2.26. The van der Waals surface area contributed by atoms with Gasteiger partial charge in [0.15, 0.2) is 0 Å². The molecule has 0 radical (unpaired) electrons. The van der Waals surface area contributed by atoms with Crippen LogP contribution in [0.3, 0.4) is 0 Å². The van der Waals surface area contributed by atoms with Crippen molar-refractivity contribution >= 4 is 21.8 Å². The van der Waals surface area contributed by atoms with Crippen molar-refractivity contribution in [2.24, 2.45) is 0 Å². The lowest BCUT2D eigenvalue weighted by atomic mass is 10.1. The fourth-order valence-corrected chi connectivity index (χ4v) is 2.51. The first kappa shape index (κ1) is 13.5. The Labute approximate surface area is 114 Å². The minimum Gasteiger partial charge on any atom is -0.379 e. The van der Waals surface area contributed by atoms with Crippen molar-refractivity contribution in [2.75, 3.05) is 7.11 Å². The van der Waals surface area contributed by atoms with E-state index in [1.54, 1.807) is 13.2 Å². The van der Waals surface area contributed by atoms with Gasteiger partial charge in [0.05, 0.1) is 16.6 Å². The first-order valence-corrected chi connectivity index (χ1v) is 6.70. The lowest BCUT2D eigenvalue weighted by Gasteiger charge is -2.19. The van der Waals surface area contributed by atoms with Gasteiger partial charge in [-0.15, -0.1) is 0 Å². The molecule has 0 spiro atoms. The molecule has 0 aromatic heterocycles. The summed E-state index contributed by atoms with van der Waals surface area (Å²) in [7, 11) is 1.65. The van der Waals surface area contributed by atoms with Gasteiger partial charge in [-0.3, -0.25) is 4.79 Å². The number of carbonyl (C=O) groups excluding carboxylic acids is 1.